The molecule has 1 aromatic rings. The first-order chi connectivity index (χ1) is 8.45. The molecule has 0 spiro atoms. The zero-order valence-electron chi connectivity index (χ0n) is 10.9. The fraction of sp³-hybridized carbons (Fsp3) is 0.538. The Hall–Kier alpha value is -1.49. The van der Waals surface area contributed by atoms with Crippen LogP contribution in [0.15, 0.2) is 18.3 Å². The van der Waals surface area contributed by atoms with Gasteiger partial charge in [0.05, 0.1) is 17.8 Å². The Balaban J connectivity index is 2.75. The molecule has 0 saturated heterocycles. The lowest BCUT2D eigenvalue weighted by Crippen LogP contribution is -2.34. The van der Waals surface area contributed by atoms with Crippen molar-refractivity contribution in [3.8, 4) is 0 Å². The van der Waals surface area contributed by atoms with Gasteiger partial charge in [-0.3, -0.25) is 14.7 Å². The summed E-state index contributed by atoms with van der Waals surface area (Å²) in [4.78, 5) is 16.9. The molecule has 0 fully saturated rings. The van der Waals surface area contributed by atoms with E-state index in [0.717, 1.165) is 12.2 Å². The molecule has 0 aliphatic heterocycles. The second-order valence-electron chi connectivity index (χ2n) is 4.40. The molecular weight excluding hydrogens is 235 g/mol. The molecular formula is C13H19FN2O2. The third-order valence-corrected chi connectivity index (χ3v) is 3.06. The standard InChI is InChI=1S/C13H19FN2O2/c1-4-16(8-9(2)13(17)18)10(3)12-6-5-11(14)7-15-12/h5-7,9-10H,4,8H2,1-3H3,(H,17,18). The summed E-state index contributed by atoms with van der Waals surface area (Å²) in [5, 5.41) is 8.92. The molecule has 1 rings (SSSR count). The van der Waals surface area contributed by atoms with E-state index in [1.165, 1.54) is 12.3 Å². The molecule has 1 N–H and O–H groups in total. The SMILES string of the molecule is CCN(CC(C)C(=O)O)C(C)c1ccc(F)cn1. The summed E-state index contributed by atoms with van der Waals surface area (Å²) in [6.07, 6.45) is 1.18. The number of hydrogen-bond donors (Lipinski definition) is 1. The molecule has 2 atom stereocenters. The minimum atomic E-state index is -0.812. The largest absolute Gasteiger partial charge is 0.481 e. The van der Waals surface area contributed by atoms with Crippen LogP contribution in [-0.2, 0) is 4.79 Å². The number of nitrogens with zero attached hydrogens (tertiary/aromatic N) is 2. The van der Waals surface area contributed by atoms with Crippen molar-refractivity contribution in [1.29, 1.82) is 0 Å². The van der Waals surface area contributed by atoms with Gasteiger partial charge in [0.1, 0.15) is 5.82 Å². The Morgan fingerprint density at radius 2 is 2.17 bits per heavy atom. The number of aliphatic carboxylic acids is 1. The second-order valence-corrected chi connectivity index (χ2v) is 4.40. The summed E-state index contributed by atoms with van der Waals surface area (Å²) < 4.78 is 12.8. The van der Waals surface area contributed by atoms with Crippen molar-refractivity contribution in [2.45, 2.75) is 26.8 Å². The lowest BCUT2D eigenvalue weighted by Gasteiger charge is -2.28. The lowest BCUT2D eigenvalue weighted by atomic mass is 10.1. The fourth-order valence-corrected chi connectivity index (χ4v) is 1.81. The summed E-state index contributed by atoms with van der Waals surface area (Å²) in [6, 6.07) is 2.97. The Bertz CT molecular complexity index is 394. The van der Waals surface area contributed by atoms with E-state index in [-0.39, 0.29) is 11.9 Å². The topological polar surface area (TPSA) is 53.4 Å². The zero-order chi connectivity index (χ0) is 13.7. The third-order valence-electron chi connectivity index (χ3n) is 3.06. The maximum absolute atomic E-state index is 12.8. The van der Waals surface area contributed by atoms with Crippen LogP contribution in [0, 0.1) is 11.7 Å². The van der Waals surface area contributed by atoms with E-state index >= 15 is 0 Å². The highest BCUT2D eigenvalue weighted by Gasteiger charge is 2.20. The minimum absolute atomic E-state index is 0.0302. The van der Waals surface area contributed by atoms with Gasteiger partial charge >= 0.3 is 5.97 Å². The Morgan fingerprint density at radius 1 is 1.50 bits per heavy atom. The van der Waals surface area contributed by atoms with Gasteiger partial charge in [-0.2, -0.15) is 0 Å². The molecule has 1 aromatic heterocycles. The van der Waals surface area contributed by atoms with Gasteiger partial charge < -0.3 is 5.11 Å². The van der Waals surface area contributed by atoms with Gasteiger partial charge in [-0.15, -0.1) is 0 Å². The van der Waals surface area contributed by atoms with Crippen LogP contribution < -0.4 is 0 Å². The number of pyridine rings is 1. The number of hydrogen-bond acceptors (Lipinski definition) is 3. The predicted molar refractivity (Wildman–Crippen MR) is 66.7 cm³/mol. The van der Waals surface area contributed by atoms with Gasteiger partial charge in [-0.05, 0) is 25.6 Å². The van der Waals surface area contributed by atoms with E-state index in [4.69, 9.17) is 5.11 Å². The molecule has 4 nitrogen and oxygen atoms in total. The molecule has 1 heterocycles. The average molecular weight is 254 g/mol. The van der Waals surface area contributed by atoms with Gasteiger partial charge in [-0.25, -0.2) is 4.39 Å². The van der Waals surface area contributed by atoms with Crippen molar-refractivity contribution in [1.82, 2.24) is 9.88 Å². The van der Waals surface area contributed by atoms with Gasteiger partial charge in [-0.1, -0.05) is 13.8 Å². The summed E-state index contributed by atoms with van der Waals surface area (Å²) in [7, 11) is 0. The van der Waals surface area contributed by atoms with Gasteiger partial charge in [0.25, 0.3) is 0 Å². The van der Waals surface area contributed by atoms with Crippen LogP contribution in [0.1, 0.15) is 32.5 Å². The smallest absolute Gasteiger partial charge is 0.307 e. The molecule has 18 heavy (non-hydrogen) atoms. The Morgan fingerprint density at radius 3 is 2.61 bits per heavy atom. The van der Waals surface area contributed by atoms with E-state index < -0.39 is 11.9 Å². The van der Waals surface area contributed by atoms with E-state index in [1.807, 2.05) is 18.7 Å². The highest BCUT2D eigenvalue weighted by atomic mass is 19.1. The van der Waals surface area contributed by atoms with Crippen LogP contribution >= 0.6 is 0 Å². The quantitative estimate of drug-likeness (QED) is 0.846. The first-order valence-electron chi connectivity index (χ1n) is 6.04. The molecule has 2 unspecified atom stereocenters. The predicted octanol–water partition coefficient (Wildman–Crippen LogP) is 2.32. The van der Waals surface area contributed by atoms with Gasteiger partial charge in [0, 0.05) is 12.6 Å². The fourth-order valence-electron chi connectivity index (χ4n) is 1.81. The molecule has 0 amide bonds. The van der Waals surface area contributed by atoms with Crippen LogP contribution in [0.2, 0.25) is 0 Å². The molecule has 0 aliphatic rings. The van der Waals surface area contributed by atoms with Crippen LogP contribution in [-0.4, -0.2) is 34.0 Å². The first-order valence-corrected chi connectivity index (χ1v) is 6.04. The molecule has 0 saturated carbocycles. The van der Waals surface area contributed by atoms with E-state index in [1.54, 1.807) is 13.0 Å². The molecule has 0 radical (unpaired) electrons. The monoisotopic (exact) mass is 254 g/mol. The van der Waals surface area contributed by atoms with Crippen LogP contribution in [0.3, 0.4) is 0 Å². The maximum Gasteiger partial charge on any atom is 0.307 e. The number of carboxylic acid groups (broad SMARTS) is 1. The first kappa shape index (κ1) is 14.6. The van der Waals surface area contributed by atoms with Crippen molar-refractivity contribution in [3.05, 3.63) is 29.8 Å². The van der Waals surface area contributed by atoms with Crippen molar-refractivity contribution < 1.29 is 14.3 Å². The highest BCUT2D eigenvalue weighted by molar-refractivity contribution is 5.69. The Kier molecular flexibility index (Phi) is 5.22. The van der Waals surface area contributed by atoms with E-state index in [0.29, 0.717) is 6.54 Å². The van der Waals surface area contributed by atoms with Crippen LogP contribution in [0.25, 0.3) is 0 Å². The van der Waals surface area contributed by atoms with Gasteiger partial charge in [0.15, 0.2) is 0 Å². The highest BCUT2D eigenvalue weighted by Crippen LogP contribution is 2.19. The third kappa shape index (κ3) is 3.77. The maximum atomic E-state index is 12.8. The normalized spacial score (nSPS) is 14.5. The summed E-state index contributed by atoms with van der Waals surface area (Å²) in [6.45, 7) is 6.76. The molecule has 100 valence electrons. The number of aromatic nitrogens is 1. The van der Waals surface area contributed by atoms with Crippen LogP contribution in [0.4, 0.5) is 4.39 Å². The van der Waals surface area contributed by atoms with E-state index in [9.17, 15) is 9.18 Å². The second kappa shape index (κ2) is 6.44. The van der Waals surface area contributed by atoms with Crippen molar-refractivity contribution in [2.75, 3.05) is 13.1 Å². The van der Waals surface area contributed by atoms with Gasteiger partial charge in [0.2, 0.25) is 0 Å². The zero-order valence-corrected chi connectivity index (χ0v) is 10.9. The molecule has 0 aromatic carbocycles. The Labute approximate surface area is 106 Å². The number of carboxylic acids is 1. The number of rotatable bonds is 6. The molecule has 0 bridgehead atoms. The lowest BCUT2D eigenvalue weighted by molar-refractivity contribution is -0.141. The minimum Gasteiger partial charge on any atom is -0.481 e. The summed E-state index contributed by atoms with van der Waals surface area (Å²) in [5.41, 5.74) is 0.746. The number of carbonyl (C=O) groups is 1. The summed E-state index contributed by atoms with van der Waals surface area (Å²) >= 11 is 0. The summed E-state index contributed by atoms with van der Waals surface area (Å²) in [5.74, 6) is -1.62. The van der Waals surface area contributed by atoms with Crippen molar-refractivity contribution in [2.24, 2.45) is 5.92 Å². The average Bonchev–Trinajstić information content (AvgIpc) is 2.35. The molecule has 5 heteroatoms. The van der Waals surface area contributed by atoms with E-state index in [2.05, 4.69) is 4.98 Å². The van der Waals surface area contributed by atoms with Crippen LogP contribution in [0.5, 0.6) is 0 Å². The van der Waals surface area contributed by atoms with Crippen molar-refractivity contribution in [3.63, 3.8) is 0 Å². The van der Waals surface area contributed by atoms with Crippen molar-refractivity contribution >= 4 is 5.97 Å². The number of halogens is 1. The molecule has 0 aliphatic carbocycles.